The molecule has 0 saturated carbocycles. The molecule has 208 valence electrons. The van der Waals surface area contributed by atoms with Crippen LogP contribution in [-0.4, -0.2) is 34.8 Å². The second kappa shape index (κ2) is 12.5. The summed E-state index contributed by atoms with van der Waals surface area (Å²) in [5.41, 5.74) is 0.782. The first-order valence-corrected chi connectivity index (χ1v) is 13.1. The van der Waals surface area contributed by atoms with Crippen molar-refractivity contribution >= 4 is 28.8 Å². The van der Waals surface area contributed by atoms with Gasteiger partial charge in [-0.15, -0.1) is 0 Å². The van der Waals surface area contributed by atoms with Gasteiger partial charge in [-0.25, -0.2) is 9.78 Å². The lowest BCUT2D eigenvalue weighted by Gasteiger charge is -2.18. The Bertz CT molecular complexity index is 1560. The minimum absolute atomic E-state index is 0.0783. The van der Waals surface area contributed by atoms with Crippen molar-refractivity contribution in [2.45, 2.75) is 40.7 Å². The molecule has 0 bridgehead atoms. The number of nitrogens with one attached hydrogen (secondary N) is 1. The maximum Gasteiger partial charge on any atom is 0.417 e. The Hall–Kier alpha value is -4.66. The minimum atomic E-state index is -0.785. The second-order valence-corrected chi connectivity index (χ2v) is 10.1. The van der Waals surface area contributed by atoms with Gasteiger partial charge in [0.25, 0.3) is 5.56 Å². The van der Waals surface area contributed by atoms with Gasteiger partial charge in [0.1, 0.15) is 22.8 Å². The van der Waals surface area contributed by atoms with E-state index in [0.717, 1.165) is 0 Å². The highest BCUT2D eigenvalue weighted by molar-refractivity contribution is 6.03. The summed E-state index contributed by atoms with van der Waals surface area (Å²) in [6, 6.07) is 19.5. The van der Waals surface area contributed by atoms with Gasteiger partial charge < -0.3 is 14.2 Å². The highest BCUT2D eigenvalue weighted by Gasteiger charge is 2.23. The normalized spacial score (nSPS) is 11.2. The number of carbonyl (C=O) groups is 2. The van der Waals surface area contributed by atoms with Crippen LogP contribution in [0.4, 0.5) is 10.5 Å². The van der Waals surface area contributed by atoms with Crippen molar-refractivity contribution in [1.82, 2.24) is 9.55 Å². The number of fused-ring (bicyclic) bond motifs is 1. The third-order valence-corrected chi connectivity index (χ3v) is 6.04. The fourth-order valence-electron chi connectivity index (χ4n) is 4.08. The largest absolute Gasteiger partial charge is 0.493 e. The number of para-hydroxylation sites is 1. The molecular formula is C31H33N3O6. The van der Waals surface area contributed by atoms with Crippen LogP contribution < -0.4 is 20.3 Å². The molecule has 9 nitrogen and oxygen atoms in total. The van der Waals surface area contributed by atoms with E-state index in [1.165, 1.54) is 4.57 Å². The number of carbonyl (C=O) groups excluding carboxylic acids is 2. The van der Waals surface area contributed by atoms with Crippen molar-refractivity contribution in [2.75, 3.05) is 18.5 Å². The number of pyridine rings is 2. The van der Waals surface area contributed by atoms with Gasteiger partial charge in [0.15, 0.2) is 0 Å². The Balaban J connectivity index is 1.64. The van der Waals surface area contributed by atoms with Crippen molar-refractivity contribution in [1.29, 1.82) is 0 Å². The van der Waals surface area contributed by atoms with Crippen LogP contribution in [0.5, 0.6) is 11.5 Å². The summed E-state index contributed by atoms with van der Waals surface area (Å²) < 4.78 is 18.1. The van der Waals surface area contributed by atoms with E-state index in [9.17, 15) is 14.4 Å². The smallest absolute Gasteiger partial charge is 0.417 e. The molecule has 0 fully saturated rings. The number of hydrogen-bond donors (Lipinski definition) is 1. The number of amides is 1. The maximum atomic E-state index is 13.6. The summed E-state index contributed by atoms with van der Waals surface area (Å²) in [6.07, 6.45) is 1.36. The van der Waals surface area contributed by atoms with Gasteiger partial charge in [-0.05, 0) is 69.7 Å². The van der Waals surface area contributed by atoms with E-state index in [1.807, 2.05) is 31.2 Å². The summed E-state index contributed by atoms with van der Waals surface area (Å²) in [6.45, 7) is 8.19. The molecule has 0 saturated heterocycles. The lowest BCUT2D eigenvalue weighted by Crippen LogP contribution is -2.28. The molecule has 2 aromatic heterocycles. The van der Waals surface area contributed by atoms with Gasteiger partial charge >= 0.3 is 12.1 Å². The zero-order valence-electron chi connectivity index (χ0n) is 23.1. The van der Waals surface area contributed by atoms with Crippen LogP contribution in [0.1, 0.15) is 34.1 Å². The van der Waals surface area contributed by atoms with Gasteiger partial charge in [-0.2, -0.15) is 0 Å². The van der Waals surface area contributed by atoms with Crippen molar-refractivity contribution in [3.63, 3.8) is 0 Å². The Morgan fingerprint density at radius 2 is 1.70 bits per heavy atom. The van der Waals surface area contributed by atoms with Crippen LogP contribution in [0.15, 0.2) is 77.7 Å². The fourth-order valence-corrected chi connectivity index (χ4v) is 4.08. The number of nitrogens with zero attached hydrogens (tertiary/aromatic N) is 2. The third kappa shape index (κ3) is 6.66. The van der Waals surface area contributed by atoms with Gasteiger partial charge in [-0.3, -0.25) is 19.5 Å². The van der Waals surface area contributed by atoms with E-state index in [2.05, 4.69) is 10.3 Å². The Morgan fingerprint density at radius 3 is 2.42 bits per heavy atom. The molecule has 9 heteroatoms. The van der Waals surface area contributed by atoms with Gasteiger partial charge in [0, 0.05) is 30.1 Å². The van der Waals surface area contributed by atoms with Crippen molar-refractivity contribution in [3.8, 4) is 22.6 Å². The van der Waals surface area contributed by atoms with Gasteiger partial charge in [0.05, 0.1) is 18.6 Å². The first kappa shape index (κ1) is 28.4. The van der Waals surface area contributed by atoms with Gasteiger partial charge in [0.2, 0.25) is 0 Å². The van der Waals surface area contributed by atoms with E-state index in [0.29, 0.717) is 53.2 Å². The highest BCUT2D eigenvalue weighted by Crippen LogP contribution is 2.34. The zero-order chi connectivity index (χ0) is 28.7. The first-order valence-electron chi connectivity index (χ1n) is 13.1. The number of rotatable bonds is 9. The SMILES string of the molecule is CCn1c(=O)c(NC(=O)Oc2ccccc2)c(-c2cccc(OCCCOC(=O)C(C)(C)C)c2)c2cccnc21. The van der Waals surface area contributed by atoms with E-state index >= 15 is 0 Å². The minimum Gasteiger partial charge on any atom is -0.493 e. The van der Waals surface area contributed by atoms with Gasteiger partial charge in [-0.1, -0.05) is 30.3 Å². The average molecular weight is 544 g/mol. The second-order valence-electron chi connectivity index (χ2n) is 10.1. The quantitative estimate of drug-likeness (QED) is 0.202. The summed E-state index contributed by atoms with van der Waals surface area (Å²) in [5, 5.41) is 3.37. The van der Waals surface area contributed by atoms with Crippen molar-refractivity contribution in [3.05, 3.63) is 83.3 Å². The monoisotopic (exact) mass is 543 g/mol. The molecule has 0 aliphatic carbocycles. The van der Waals surface area contributed by atoms with Crippen molar-refractivity contribution < 1.29 is 23.8 Å². The van der Waals surface area contributed by atoms with E-state index < -0.39 is 17.1 Å². The summed E-state index contributed by atoms with van der Waals surface area (Å²) >= 11 is 0. The van der Waals surface area contributed by atoms with Crippen LogP contribution in [0.3, 0.4) is 0 Å². The summed E-state index contributed by atoms with van der Waals surface area (Å²) in [4.78, 5) is 42.9. The number of anilines is 1. The Morgan fingerprint density at radius 1 is 0.950 bits per heavy atom. The molecule has 0 aliphatic rings. The third-order valence-electron chi connectivity index (χ3n) is 6.04. The van der Waals surface area contributed by atoms with Crippen LogP contribution >= 0.6 is 0 Å². The van der Waals surface area contributed by atoms with Crippen molar-refractivity contribution in [2.24, 2.45) is 5.41 Å². The Kier molecular flexibility index (Phi) is 8.83. The molecule has 0 aliphatic heterocycles. The molecule has 1 amide bonds. The molecule has 40 heavy (non-hydrogen) atoms. The van der Waals surface area contributed by atoms with E-state index in [4.69, 9.17) is 14.2 Å². The number of hydrogen-bond acceptors (Lipinski definition) is 7. The van der Waals surface area contributed by atoms with Crippen LogP contribution in [0.2, 0.25) is 0 Å². The molecule has 4 rings (SSSR count). The zero-order valence-corrected chi connectivity index (χ0v) is 23.1. The lowest BCUT2D eigenvalue weighted by atomic mass is 9.97. The van der Waals surface area contributed by atoms with Crippen LogP contribution in [0, 0.1) is 5.41 Å². The number of aryl methyl sites for hydroxylation is 1. The molecule has 0 spiro atoms. The van der Waals surface area contributed by atoms with E-state index in [-0.39, 0.29) is 18.3 Å². The van der Waals surface area contributed by atoms with Crippen LogP contribution in [-0.2, 0) is 16.1 Å². The van der Waals surface area contributed by atoms with E-state index in [1.54, 1.807) is 69.4 Å². The molecule has 1 N–H and O–H groups in total. The van der Waals surface area contributed by atoms with Crippen LogP contribution in [0.25, 0.3) is 22.2 Å². The number of aromatic nitrogens is 2. The molecule has 0 atom stereocenters. The number of esters is 1. The summed E-state index contributed by atoms with van der Waals surface area (Å²) in [7, 11) is 0. The predicted octanol–water partition coefficient (Wildman–Crippen LogP) is 6.05. The molecule has 2 aromatic carbocycles. The fraction of sp³-hybridized carbons (Fsp3) is 0.290. The predicted molar refractivity (Wildman–Crippen MR) is 154 cm³/mol. The highest BCUT2D eigenvalue weighted by atomic mass is 16.6. The summed E-state index contributed by atoms with van der Waals surface area (Å²) in [5.74, 6) is 0.653. The topological polar surface area (TPSA) is 109 Å². The number of benzene rings is 2. The molecule has 0 unspecified atom stereocenters. The lowest BCUT2D eigenvalue weighted by molar-refractivity contribution is -0.153. The number of ether oxygens (including phenoxy) is 3. The Labute approximate surface area is 232 Å². The average Bonchev–Trinajstić information content (AvgIpc) is 2.93. The standard InChI is InChI=1S/C31H33N3O6/c1-5-34-27-24(16-10-17-32-27)25(26(28(34)35)33-30(37)40-22-13-7-6-8-14-22)21-12-9-15-23(20-21)38-18-11-19-39-29(36)31(2,3)4/h6-10,12-17,20H,5,11,18-19H2,1-4H3,(H,33,37). The molecular weight excluding hydrogens is 510 g/mol. The molecule has 4 aromatic rings. The molecule has 2 heterocycles. The first-order chi connectivity index (χ1) is 19.2. The maximum absolute atomic E-state index is 13.6. The molecule has 0 radical (unpaired) electrons.